The van der Waals surface area contributed by atoms with Gasteiger partial charge in [-0.1, -0.05) is 29.8 Å². The summed E-state index contributed by atoms with van der Waals surface area (Å²) in [4.78, 5) is 16.6. The summed E-state index contributed by atoms with van der Waals surface area (Å²) in [5.74, 6) is -0.378. The molecule has 26 heavy (non-hydrogen) atoms. The molecule has 0 saturated heterocycles. The van der Waals surface area contributed by atoms with Crippen molar-refractivity contribution < 1.29 is 9.18 Å². The van der Waals surface area contributed by atoms with Crippen molar-refractivity contribution in [2.24, 2.45) is 0 Å². The second kappa shape index (κ2) is 8.77. The number of nitrogens with one attached hydrogen (secondary N) is 1. The number of thiophene rings is 2. The van der Waals surface area contributed by atoms with Gasteiger partial charge in [0.05, 0.1) is 16.9 Å². The van der Waals surface area contributed by atoms with Crippen LogP contribution in [0.15, 0.2) is 53.9 Å². The maximum Gasteiger partial charge on any atom is 0.234 e. The number of halogens is 2. The Bertz CT molecular complexity index is 849. The molecule has 0 spiro atoms. The van der Waals surface area contributed by atoms with Gasteiger partial charge in [0.1, 0.15) is 5.82 Å². The van der Waals surface area contributed by atoms with Crippen LogP contribution in [0.1, 0.15) is 21.4 Å². The lowest BCUT2D eigenvalue weighted by Gasteiger charge is -2.21. The molecule has 0 unspecified atom stereocenters. The van der Waals surface area contributed by atoms with Gasteiger partial charge in [0.15, 0.2) is 0 Å². The van der Waals surface area contributed by atoms with Gasteiger partial charge in [0, 0.05) is 16.3 Å². The molecule has 2 heterocycles. The van der Waals surface area contributed by atoms with Crippen molar-refractivity contribution in [1.29, 1.82) is 0 Å². The summed E-state index contributed by atoms with van der Waals surface area (Å²) in [5.41, 5.74) is 0.856. The summed E-state index contributed by atoms with van der Waals surface area (Å²) < 4.78 is 14.0. The third-order valence-electron chi connectivity index (χ3n) is 3.80. The molecule has 0 fully saturated rings. The van der Waals surface area contributed by atoms with E-state index in [0.29, 0.717) is 6.54 Å². The van der Waals surface area contributed by atoms with E-state index in [0.717, 1.165) is 19.7 Å². The largest absolute Gasteiger partial charge is 0.343 e. The molecule has 7 heteroatoms. The van der Waals surface area contributed by atoms with Crippen LogP contribution in [0.5, 0.6) is 0 Å². The maximum atomic E-state index is 13.2. The SMILES string of the molecule is CN(CC(=O)N[C@@H](c1ccc(F)cc1)c1cccs1)Cc1ccc(Cl)s1. The molecular weight excluding hydrogens is 391 g/mol. The molecule has 0 radical (unpaired) electrons. The minimum atomic E-state index is -0.292. The lowest BCUT2D eigenvalue weighted by Crippen LogP contribution is -2.37. The van der Waals surface area contributed by atoms with Crippen LogP contribution in [0.4, 0.5) is 4.39 Å². The van der Waals surface area contributed by atoms with E-state index in [2.05, 4.69) is 5.32 Å². The summed E-state index contributed by atoms with van der Waals surface area (Å²) in [5, 5.41) is 5.02. The van der Waals surface area contributed by atoms with Gasteiger partial charge < -0.3 is 5.32 Å². The maximum absolute atomic E-state index is 13.2. The Labute approximate surface area is 165 Å². The molecule has 3 rings (SSSR count). The number of benzene rings is 1. The zero-order chi connectivity index (χ0) is 18.5. The van der Waals surface area contributed by atoms with Gasteiger partial charge in [0.25, 0.3) is 0 Å². The smallest absolute Gasteiger partial charge is 0.234 e. The first kappa shape index (κ1) is 19.0. The van der Waals surface area contributed by atoms with E-state index < -0.39 is 0 Å². The van der Waals surface area contributed by atoms with E-state index in [1.54, 1.807) is 23.5 Å². The van der Waals surface area contributed by atoms with E-state index in [9.17, 15) is 9.18 Å². The van der Waals surface area contributed by atoms with Crippen LogP contribution in [-0.4, -0.2) is 24.4 Å². The molecule has 0 bridgehead atoms. The van der Waals surface area contributed by atoms with Gasteiger partial charge >= 0.3 is 0 Å². The molecule has 0 aliphatic heterocycles. The van der Waals surface area contributed by atoms with Gasteiger partial charge in [-0.25, -0.2) is 4.39 Å². The van der Waals surface area contributed by atoms with Crippen molar-refractivity contribution in [2.75, 3.05) is 13.6 Å². The molecule has 1 aromatic carbocycles. The summed E-state index contributed by atoms with van der Waals surface area (Å²) >= 11 is 9.02. The second-order valence-electron chi connectivity index (χ2n) is 5.95. The molecule has 3 aromatic rings. The summed E-state index contributed by atoms with van der Waals surface area (Å²) in [7, 11) is 1.89. The third kappa shape index (κ3) is 5.14. The van der Waals surface area contributed by atoms with Crippen molar-refractivity contribution in [3.05, 3.63) is 79.4 Å². The molecule has 0 aliphatic rings. The van der Waals surface area contributed by atoms with E-state index in [1.807, 2.05) is 41.6 Å². The van der Waals surface area contributed by atoms with Crippen LogP contribution in [-0.2, 0) is 11.3 Å². The normalized spacial score (nSPS) is 12.3. The first-order chi connectivity index (χ1) is 12.5. The van der Waals surface area contributed by atoms with Crippen molar-refractivity contribution in [3.8, 4) is 0 Å². The van der Waals surface area contributed by atoms with Crippen molar-refractivity contribution in [1.82, 2.24) is 10.2 Å². The quantitative estimate of drug-likeness (QED) is 0.600. The number of carbonyl (C=O) groups is 1. The van der Waals surface area contributed by atoms with E-state index >= 15 is 0 Å². The molecule has 1 atom stereocenters. The minimum absolute atomic E-state index is 0.0853. The van der Waals surface area contributed by atoms with Crippen molar-refractivity contribution >= 4 is 40.2 Å². The molecule has 3 nitrogen and oxygen atoms in total. The molecule has 2 aromatic heterocycles. The monoisotopic (exact) mass is 408 g/mol. The Morgan fingerprint density at radius 1 is 1.23 bits per heavy atom. The van der Waals surface area contributed by atoms with Crippen molar-refractivity contribution in [3.63, 3.8) is 0 Å². The average molecular weight is 409 g/mol. The van der Waals surface area contributed by atoms with E-state index in [1.165, 1.54) is 23.5 Å². The Balaban J connectivity index is 1.66. The topological polar surface area (TPSA) is 32.3 Å². The highest BCUT2D eigenvalue weighted by Gasteiger charge is 2.19. The third-order valence-corrected chi connectivity index (χ3v) is 5.96. The highest BCUT2D eigenvalue weighted by molar-refractivity contribution is 7.16. The predicted molar refractivity (Wildman–Crippen MR) is 106 cm³/mol. The standard InChI is InChI=1S/C19H18ClFN2OS2/c1-23(11-15-8-9-17(20)26-15)12-18(24)22-19(16-3-2-10-25-16)13-4-6-14(21)7-5-13/h2-10,19H,11-12H2,1H3,(H,22,24)/t19-/m0/s1. The van der Waals surface area contributed by atoms with Crippen LogP contribution in [0.3, 0.4) is 0 Å². The second-order valence-corrected chi connectivity index (χ2v) is 8.72. The lowest BCUT2D eigenvalue weighted by molar-refractivity contribution is -0.122. The fourth-order valence-electron chi connectivity index (χ4n) is 2.64. The highest BCUT2D eigenvalue weighted by atomic mass is 35.5. The first-order valence-corrected chi connectivity index (χ1v) is 10.1. The summed E-state index contributed by atoms with van der Waals surface area (Å²) in [6, 6.07) is 13.7. The minimum Gasteiger partial charge on any atom is -0.343 e. The number of amides is 1. The predicted octanol–water partition coefficient (Wildman–Crippen LogP) is 4.94. The molecule has 1 N–H and O–H groups in total. The number of nitrogens with zero attached hydrogens (tertiary/aromatic N) is 1. The van der Waals surface area contributed by atoms with Crippen LogP contribution < -0.4 is 5.32 Å². The average Bonchev–Trinajstić information content (AvgIpc) is 3.25. The number of hydrogen-bond acceptors (Lipinski definition) is 4. The Kier molecular flexibility index (Phi) is 6.43. The number of carbonyl (C=O) groups excluding carboxylic acids is 1. The van der Waals surface area contributed by atoms with Gasteiger partial charge in [-0.2, -0.15) is 0 Å². The van der Waals surface area contributed by atoms with Crippen LogP contribution in [0.25, 0.3) is 0 Å². The molecule has 136 valence electrons. The highest BCUT2D eigenvalue weighted by Crippen LogP contribution is 2.26. The van der Waals surface area contributed by atoms with Gasteiger partial charge in [0.2, 0.25) is 5.91 Å². The van der Waals surface area contributed by atoms with Crippen LogP contribution >= 0.6 is 34.3 Å². The summed E-state index contributed by atoms with van der Waals surface area (Å²) in [6.45, 7) is 0.920. The molecular formula is C19H18ClFN2OS2. The molecule has 0 aliphatic carbocycles. The van der Waals surface area contributed by atoms with Gasteiger partial charge in [-0.05, 0) is 48.3 Å². The van der Waals surface area contributed by atoms with Gasteiger partial charge in [-0.15, -0.1) is 22.7 Å². The Hall–Kier alpha value is -1.73. The van der Waals surface area contributed by atoms with Crippen molar-refractivity contribution in [2.45, 2.75) is 12.6 Å². The van der Waals surface area contributed by atoms with E-state index in [-0.39, 0.29) is 24.3 Å². The van der Waals surface area contributed by atoms with Crippen LogP contribution in [0, 0.1) is 5.82 Å². The molecule has 1 amide bonds. The fourth-order valence-corrected chi connectivity index (χ4v) is 4.61. The number of hydrogen-bond donors (Lipinski definition) is 1. The van der Waals surface area contributed by atoms with Crippen LogP contribution in [0.2, 0.25) is 4.34 Å². The first-order valence-electron chi connectivity index (χ1n) is 8.02. The Morgan fingerprint density at radius 3 is 2.62 bits per heavy atom. The summed E-state index contributed by atoms with van der Waals surface area (Å²) in [6.07, 6.45) is 0. The number of likely N-dealkylation sites (N-methyl/N-ethyl adjacent to an activating group) is 1. The van der Waals surface area contributed by atoms with Gasteiger partial charge in [-0.3, -0.25) is 9.69 Å². The lowest BCUT2D eigenvalue weighted by atomic mass is 10.1. The molecule has 0 saturated carbocycles. The zero-order valence-corrected chi connectivity index (χ0v) is 16.5. The van der Waals surface area contributed by atoms with E-state index in [4.69, 9.17) is 11.6 Å². The number of rotatable bonds is 7. The fraction of sp³-hybridized carbons (Fsp3) is 0.211. The Morgan fingerprint density at radius 2 is 2.00 bits per heavy atom. The zero-order valence-electron chi connectivity index (χ0n) is 14.1.